The third kappa shape index (κ3) is 6.81. The number of aliphatic imine (C=N–C) groups is 1. The molecule has 0 bridgehead atoms. The van der Waals surface area contributed by atoms with E-state index in [1.165, 1.54) is 0 Å². The Morgan fingerprint density at radius 2 is 1.26 bits per heavy atom. The van der Waals surface area contributed by atoms with Gasteiger partial charge in [-0.25, -0.2) is 0 Å². The molecule has 1 aliphatic carbocycles. The van der Waals surface area contributed by atoms with Gasteiger partial charge >= 0.3 is 0 Å². The van der Waals surface area contributed by atoms with Crippen molar-refractivity contribution in [3.63, 3.8) is 0 Å². The number of nitrogens with one attached hydrogen (secondary N) is 1. The van der Waals surface area contributed by atoms with E-state index in [4.69, 9.17) is 4.99 Å². The maximum absolute atomic E-state index is 10.9. The fourth-order valence-corrected chi connectivity index (χ4v) is 5.05. The fraction of sp³-hybridized carbons (Fsp3) is 0.219. The molecule has 4 aromatic carbocycles. The molecule has 1 aliphatic rings. The van der Waals surface area contributed by atoms with Crippen LogP contribution in [0.15, 0.2) is 102 Å². The molecule has 0 heterocycles. The maximum atomic E-state index is 10.9. The Kier molecular flexibility index (Phi) is 10.9. The van der Waals surface area contributed by atoms with Crippen LogP contribution in [-0.4, -0.2) is 28.5 Å². The molecule has 6 heteroatoms. The van der Waals surface area contributed by atoms with E-state index in [-0.39, 0.29) is 44.8 Å². The van der Waals surface area contributed by atoms with E-state index >= 15 is 0 Å². The van der Waals surface area contributed by atoms with Crippen LogP contribution in [-0.2, 0) is 6.54 Å². The van der Waals surface area contributed by atoms with Gasteiger partial charge in [0, 0.05) is 41.1 Å². The topological polar surface area (TPSA) is 64.9 Å². The highest BCUT2D eigenvalue weighted by Crippen LogP contribution is 2.33. The van der Waals surface area contributed by atoms with Gasteiger partial charge in [0.15, 0.2) is 0 Å². The van der Waals surface area contributed by atoms with Gasteiger partial charge in [0.05, 0.1) is 6.04 Å². The molecule has 0 amide bonds. The molecule has 2 atom stereocenters. The first-order chi connectivity index (χ1) is 17.7. The van der Waals surface area contributed by atoms with Crippen LogP contribution in [0.3, 0.4) is 0 Å². The Hall–Kier alpha value is -3.19. The van der Waals surface area contributed by atoms with Gasteiger partial charge in [-0.2, -0.15) is 27.0 Å². The Labute approximate surface area is 239 Å². The lowest BCUT2D eigenvalue weighted by atomic mass is 9.90. The van der Waals surface area contributed by atoms with E-state index in [0.717, 1.165) is 59.1 Å². The van der Waals surface area contributed by atoms with Crippen molar-refractivity contribution in [1.82, 2.24) is 5.32 Å². The summed E-state index contributed by atoms with van der Waals surface area (Å²) in [4.78, 5) is 4.92. The van der Waals surface area contributed by atoms with Crippen LogP contribution in [0.4, 0.5) is 0 Å². The molecule has 4 aromatic rings. The number of aromatic hydroxyl groups is 2. The molecule has 0 saturated heterocycles. The van der Waals surface area contributed by atoms with E-state index in [1.807, 2.05) is 103 Å². The molecule has 198 valence electrons. The molecular weight excluding hydrogens is 508 g/mol. The quantitative estimate of drug-likeness (QED) is 0.216. The van der Waals surface area contributed by atoms with Crippen LogP contribution in [0.5, 0.6) is 11.5 Å². The van der Waals surface area contributed by atoms with Crippen LogP contribution in [0.1, 0.15) is 36.8 Å². The molecule has 38 heavy (non-hydrogen) atoms. The summed E-state index contributed by atoms with van der Waals surface area (Å²) >= 11 is 0. The van der Waals surface area contributed by atoms with Crippen LogP contribution in [0.2, 0.25) is 0 Å². The standard InChI is InChI=1S/C32H32N2O2.2H2S/c35-31-25(15-9-17-27(31)23-11-3-1-4-12-23)21-33-29-19-7-8-20-30(29)34-22-26-16-10-18-28(32(26)36)24-13-5-2-6-14-24;;/h1-6,9-18,21,29-30,34-36H,7-8,19-20,22H2;2*1H2/t29-,30-;;/m0../s1. The SMILES string of the molecule is Oc1c(C=N[C@H]2CCCC[C@@H]2NCc2cccc(-c3ccccc3)c2O)cccc1-c1ccccc1.S.S. The monoisotopic (exact) mass is 544 g/mol. The van der Waals surface area contributed by atoms with Crippen LogP contribution < -0.4 is 5.32 Å². The predicted molar refractivity (Wildman–Crippen MR) is 168 cm³/mol. The minimum atomic E-state index is 0. The van der Waals surface area contributed by atoms with Gasteiger partial charge in [-0.3, -0.25) is 4.99 Å². The average molecular weight is 545 g/mol. The summed E-state index contributed by atoms with van der Waals surface area (Å²) in [6.45, 7) is 0.581. The van der Waals surface area contributed by atoms with Crippen molar-refractivity contribution < 1.29 is 10.2 Å². The number of para-hydroxylation sites is 2. The zero-order valence-electron chi connectivity index (χ0n) is 21.3. The summed E-state index contributed by atoms with van der Waals surface area (Å²) in [5, 5.41) is 25.5. The molecule has 1 saturated carbocycles. The second-order valence-electron chi connectivity index (χ2n) is 9.41. The zero-order chi connectivity index (χ0) is 24.7. The fourth-order valence-electron chi connectivity index (χ4n) is 5.05. The summed E-state index contributed by atoms with van der Waals surface area (Å²) in [5.74, 6) is 0.588. The highest BCUT2D eigenvalue weighted by Gasteiger charge is 2.24. The van der Waals surface area contributed by atoms with Crippen molar-refractivity contribution in [2.45, 2.75) is 44.3 Å². The van der Waals surface area contributed by atoms with E-state index in [1.54, 1.807) is 0 Å². The molecule has 0 aliphatic heterocycles. The Morgan fingerprint density at radius 1 is 0.684 bits per heavy atom. The van der Waals surface area contributed by atoms with Gasteiger partial charge in [0.25, 0.3) is 0 Å². The molecule has 3 N–H and O–H groups in total. The molecule has 1 fully saturated rings. The average Bonchev–Trinajstić information content (AvgIpc) is 2.93. The number of phenols is 2. The van der Waals surface area contributed by atoms with Gasteiger partial charge in [-0.15, -0.1) is 0 Å². The first-order valence-corrected chi connectivity index (χ1v) is 12.7. The number of rotatable bonds is 7. The van der Waals surface area contributed by atoms with Crippen molar-refractivity contribution in [3.05, 3.63) is 108 Å². The molecular formula is C32H36N2O2S2. The number of nitrogens with zero attached hydrogens (tertiary/aromatic N) is 1. The third-order valence-corrected chi connectivity index (χ3v) is 7.05. The molecule has 0 aromatic heterocycles. The lowest BCUT2D eigenvalue weighted by Crippen LogP contribution is -2.40. The maximum Gasteiger partial charge on any atom is 0.132 e. The van der Waals surface area contributed by atoms with Crippen LogP contribution in [0.25, 0.3) is 22.3 Å². The number of benzene rings is 4. The summed E-state index contributed by atoms with van der Waals surface area (Å²) < 4.78 is 0. The Morgan fingerprint density at radius 3 is 1.92 bits per heavy atom. The first-order valence-electron chi connectivity index (χ1n) is 12.7. The molecule has 0 spiro atoms. The van der Waals surface area contributed by atoms with Crippen LogP contribution in [0, 0.1) is 0 Å². The van der Waals surface area contributed by atoms with E-state index < -0.39 is 0 Å². The molecule has 5 rings (SSSR count). The van der Waals surface area contributed by atoms with Crippen molar-refractivity contribution in [1.29, 1.82) is 0 Å². The minimum absolute atomic E-state index is 0. The highest BCUT2D eigenvalue weighted by molar-refractivity contribution is 7.59. The number of phenolic OH excluding ortho intramolecular Hbond substituents is 2. The summed E-state index contributed by atoms with van der Waals surface area (Å²) in [5.41, 5.74) is 5.27. The van der Waals surface area contributed by atoms with Gasteiger partial charge in [-0.1, -0.05) is 104 Å². The Bertz CT molecular complexity index is 1330. The zero-order valence-corrected chi connectivity index (χ0v) is 23.3. The first kappa shape index (κ1) is 29.4. The van der Waals surface area contributed by atoms with Crippen molar-refractivity contribution in [3.8, 4) is 33.8 Å². The summed E-state index contributed by atoms with van der Waals surface area (Å²) in [6, 6.07) is 32.0. The Balaban J connectivity index is 0.00000200. The minimum Gasteiger partial charge on any atom is -0.507 e. The second kappa shape index (κ2) is 14.1. The third-order valence-electron chi connectivity index (χ3n) is 7.05. The molecule has 4 nitrogen and oxygen atoms in total. The van der Waals surface area contributed by atoms with Crippen molar-refractivity contribution in [2.75, 3.05) is 0 Å². The van der Waals surface area contributed by atoms with Gasteiger partial charge < -0.3 is 15.5 Å². The normalized spacial score (nSPS) is 16.9. The van der Waals surface area contributed by atoms with Gasteiger partial charge in [-0.05, 0) is 30.0 Å². The van der Waals surface area contributed by atoms with Crippen molar-refractivity contribution >= 4 is 33.2 Å². The van der Waals surface area contributed by atoms with E-state index in [9.17, 15) is 10.2 Å². The van der Waals surface area contributed by atoms with E-state index in [0.29, 0.717) is 12.3 Å². The lowest BCUT2D eigenvalue weighted by Gasteiger charge is -2.30. The number of hydrogen-bond donors (Lipinski definition) is 3. The largest absolute Gasteiger partial charge is 0.507 e. The summed E-state index contributed by atoms with van der Waals surface area (Å²) in [7, 11) is 0. The van der Waals surface area contributed by atoms with Crippen LogP contribution >= 0.6 is 27.0 Å². The smallest absolute Gasteiger partial charge is 0.132 e. The lowest BCUT2D eigenvalue weighted by molar-refractivity contribution is 0.327. The van der Waals surface area contributed by atoms with E-state index in [2.05, 4.69) is 5.32 Å². The van der Waals surface area contributed by atoms with Crippen molar-refractivity contribution in [2.24, 2.45) is 4.99 Å². The molecule has 0 unspecified atom stereocenters. The number of hydrogen-bond acceptors (Lipinski definition) is 4. The summed E-state index contributed by atoms with van der Waals surface area (Å²) in [6.07, 6.45) is 6.17. The predicted octanol–water partition coefficient (Wildman–Crippen LogP) is 7.18. The van der Waals surface area contributed by atoms with Gasteiger partial charge in [0.2, 0.25) is 0 Å². The molecule has 0 radical (unpaired) electrons. The second-order valence-corrected chi connectivity index (χ2v) is 9.41. The highest BCUT2D eigenvalue weighted by atomic mass is 32.1. The van der Waals surface area contributed by atoms with Gasteiger partial charge in [0.1, 0.15) is 11.5 Å².